The summed E-state index contributed by atoms with van der Waals surface area (Å²) in [6, 6.07) is 4.60. The maximum Gasteiger partial charge on any atom is 0.242 e. The lowest BCUT2D eigenvalue weighted by atomic mass is 10.2. The SMILES string of the molecule is CCS/C(=N\N1CCCC1=O)c1ccc(N)c(F)c1. The molecule has 0 atom stereocenters. The zero-order valence-corrected chi connectivity index (χ0v) is 11.5. The number of nitrogens with two attached hydrogens (primary N) is 1. The van der Waals surface area contributed by atoms with E-state index in [4.69, 9.17) is 5.73 Å². The van der Waals surface area contributed by atoms with Crippen molar-refractivity contribution in [2.45, 2.75) is 19.8 Å². The quantitative estimate of drug-likeness (QED) is 0.526. The standard InChI is InChI=1S/C13H16FN3OS/c1-2-19-13(16-17-7-3-4-12(17)18)9-5-6-11(15)10(14)8-9/h5-6,8H,2-4,7,15H2,1H3/b16-13-. The van der Waals surface area contributed by atoms with Crippen molar-refractivity contribution in [2.24, 2.45) is 5.10 Å². The van der Waals surface area contributed by atoms with Crippen molar-refractivity contribution in [1.29, 1.82) is 0 Å². The lowest BCUT2D eigenvalue weighted by Crippen LogP contribution is -2.20. The Bertz CT molecular complexity index is 519. The third-order valence-electron chi connectivity index (χ3n) is 2.79. The fraction of sp³-hybridized carbons (Fsp3) is 0.385. The van der Waals surface area contributed by atoms with Crippen molar-refractivity contribution >= 4 is 28.4 Å². The molecule has 1 saturated heterocycles. The van der Waals surface area contributed by atoms with Gasteiger partial charge in [0.1, 0.15) is 10.9 Å². The average Bonchev–Trinajstić information content (AvgIpc) is 2.78. The average molecular weight is 281 g/mol. The molecule has 1 aromatic carbocycles. The van der Waals surface area contributed by atoms with Gasteiger partial charge in [0, 0.05) is 18.5 Å². The van der Waals surface area contributed by atoms with Crippen molar-refractivity contribution < 1.29 is 9.18 Å². The monoisotopic (exact) mass is 281 g/mol. The van der Waals surface area contributed by atoms with E-state index in [0.717, 1.165) is 12.2 Å². The smallest absolute Gasteiger partial charge is 0.242 e. The highest BCUT2D eigenvalue weighted by Gasteiger charge is 2.20. The molecule has 0 saturated carbocycles. The molecule has 4 nitrogen and oxygen atoms in total. The van der Waals surface area contributed by atoms with Crippen molar-refractivity contribution in [2.75, 3.05) is 18.0 Å². The Morgan fingerprint density at radius 3 is 2.95 bits per heavy atom. The Labute approximate surface area is 115 Å². The van der Waals surface area contributed by atoms with Gasteiger partial charge in [0.2, 0.25) is 5.91 Å². The molecule has 0 radical (unpaired) electrons. The molecule has 1 aromatic rings. The normalized spacial score (nSPS) is 16.2. The summed E-state index contributed by atoms with van der Waals surface area (Å²) in [6.07, 6.45) is 1.35. The molecule has 1 aliphatic heterocycles. The molecule has 0 bridgehead atoms. The number of hydrogen-bond acceptors (Lipinski definition) is 4. The molecule has 1 aliphatic rings. The molecule has 2 N–H and O–H groups in total. The number of nitrogens with zero attached hydrogens (tertiary/aromatic N) is 2. The van der Waals surface area contributed by atoms with Crippen molar-refractivity contribution in [1.82, 2.24) is 5.01 Å². The van der Waals surface area contributed by atoms with Gasteiger partial charge in [0.05, 0.1) is 5.69 Å². The van der Waals surface area contributed by atoms with Crippen LogP contribution in [-0.2, 0) is 4.79 Å². The van der Waals surface area contributed by atoms with Crippen LogP contribution >= 0.6 is 11.8 Å². The Kier molecular flexibility index (Phi) is 4.42. The van der Waals surface area contributed by atoms with Gasteiger partial charge in [-0.1, -0.05) is 6.92 Å². The van der Waals surface area contributed by atoms with E-state index in [9.17, 15) is 9.18 Å². The molecule has 19 heavy (non-hydrogen) atoms. The largest absolute Gasteiger partial charge is 0.396 e. The third-order valence-corrected chi connectivity index (χ3v) is 3.67. The van der Waals surface area contributed by atoms with E-state index < -0.39 is 5.82 Å². The molecular formula is C13H16FN3OS. The minimum absolute atomic E-state index is 0.0186. The molecule has 2 rings (SSSR count). The van der Waals surface area contributed by atoms with Crippen LogP contribution in [0.15, 0.2) is 23.3 Å². The number of nitrogen functional groups attached to an aromatic ring is 1. The van der Waals surface area contributed by atoms with Crippen LogP contribution in [0.5, 0.6) is 0 Å². The Balaban J connectivity index is 2.30. The van der Waals surface area contributed by atoms with Crippen LogP contribution < -0.4 is 5.73 Å². The van der Waals surface area contributed by atoms with Gasteiger partial charge in [-0.2, -0.15) is 5.10 Å². The zero-order chi connectivity index (χ0) is 13.8. The van der Waals surface area contributed by atoms with Gasteiger partial charge in [-0.25, -0.2) is 9.40 Å². The highest BCUT2D eigenvalue weighted by Crippen LogP contribution is 2.20. The van der Waals surface area contributed by atoms with Gasteiger partial charge in [0.15, 0.2) is 0 Å². The molecule has 1 amide bonds. The summed E-state index contributed by atoms with van der Waals surface area (Å²) in [5, 5.41) is 6.46. The molecule has 1 fully saturated rings. The van der Waals surface area contributed by atoms with Crippen LogP contribution in [0.3, 0.4) is 0 Å². The molecule has 0 aliphatic carbocycles. The van der Waals surface area contributed by atoms with Crippen LogP contribution in [-0.4, -0.2) is 28.3 Å². The first-order chi connectivity index (χ1) is 9.11. The third kappa shape index (κ3) is 3.26. The van der Waals surface area contributed by atoms with E-state index in [1.807, 2.05) is 6.92 Å². The number of benzene rings is 1. The predicted molar refractivity (Wildman–Crippen MR) is 76.4 cm³/mol. The van der Waals surface area contributed by atoms with E-state index >= 15 is 0 Å². The summed E-state index contributed by atoms with van der Waals surface area (Å²) < 4.78 is 13.5. The lowest BCUT2D eigenvalue weighted by Gasteiger charge is -2.12. The van der Waals surface area contributed by atoms with Crippen LogP contribution in [0.2, 0.25) is 0 Å². The van der Waals surface area contributed by atoms with Gasteiger partial charge in [-0.05, 0) is 30.4 Å². The number of carbonyl (C=O) groups is 1. The number of amides is 1. The van der Waals surface area contributed by atoms with Gasteiger partial charge >= 0.3 is 0 Å². The second kappa shape index (κ2) is 6.06. The maximum atomic E-state index is 13.5. The number of hydrogen-bond donors (Lipinski definition) is 1. The van der Waals surface area contributed by atoms with Crippen LogP contribution in [0.25, 0.3) is 0 Å². The fourth-order valence-electron chi connectivity index (χ4n) is 1.82. The van der Waals surface area contributed by atoms with Gasteiger partial charge in [-0.15, -0.1) is 11.8 Å². The molecule has 102 valence electrons. The fourth-order valence-corrected chi connectivity index (χ4v) is 2.54. The summed E-state index contributed by atoms with van der Waals surface area (Å²) in [5.41, 5.74) is 6.23. The molecule has 0 unspecified atom stereocenters. The Morgan fingerprint density at radius 2 is 2.37 bits per heavy atom. The summed E-state index contributed by atoms with van der Waals surface area (Å²) in [7, 11) is 0. The lowest BCUT2D eigenvalue weighted by molar-refractivity contribution is -0.127. The Hall–Kier alpha value is -1.56. The first-order valence-corrected chi connectivity index (χ1v) is 7.17. The number of carbonyl (C=O) groups excluding carboxylic acids is 1. The topological polar surface area (TPSA) is 58.7 Å². The Morgan fingerprint density at radius 1 is 1.58 bits per heavy atom. The van der Waals surface area contributed by atoms with Crippen molar-refractivity contribution in [3.63, 3.8) is 0 Å². The number of hydrazone groups is 1. The maximum absolute atomic E-state index is 13.5. The summed E-state index contributed by atoms with van der Waals surface area (Å²) >= 11 is 1.48. The van der Waals surface area contributed by atoms with Gasteiger partial charge in [0.25, 0.3) is 0 Å². The van der Waals surface area contributed by atoms with E-state index in [1.165, 1.54) is 28.9 Å². The zero-order valence-electron chi connectivity index (χ0n) is 10.7. The highest BCUT2D eigenvalue weighted by molar-refractivity contribution is 8.14. The summed E-state index contributed by atoms with van der Waals surface area (Å²) in [4.78, 5) is 11.6. The number of rotatable bonds is 3. The van der Waals surface area contributed by atoms with Crippen LogP contribution in [0, 0.1) is 5.82 Å². The summed E-state index contributed by atoms with van der Waals surface area (Å²) in [6.45, 7) is 2.61. The number of halogens is 1. The van der Waals surface area contributed by atoms with E-state index in [-0.39, 0.29) is 11.6 Å². The summed E-state index contributed by atoms with van der Waals surface area (Å²) in [5.74, 6) is 0.354. The molecule has 0 aromatic heterocycles. The molecule has 0 spiro atoms. The molecule has 6 heteroatoms. The van der Waals surface area contributed by atoms with Crippen molar-refractivity contribution in [3.8, 4) is 0 Å². The van der Waals surface area contributed by atoms with E-state index in [2.05, 4.69) is 5.10 Å². The highest BCUT2D eigenvalue weighted by atomic mass is 32.2. The first-order valence-electron chi connectivity index (χ1n) is 6.19. The predicted octanol–water partition coefficient (Wildman–Crippen LogP) is 2.45. The van der Waals surface area contributed by atoms with E-state index in [0.29, 0.717) is 23.6 Å². The van der Waals surface area contributed by atoms with Crippen LogP contribution in [0.1, 0.15) is 25.3 Å². The van der Waals surface area contributed by atoms with E-state index in [1.54, 1.807) is 6.07 Å². The van der Waals surface area contributed by atoms with Gasteiger partial charge < -0.3 is 5.73 Å². The molecule has 1 heterocycles. The number of anilines is 1. The minimum atomic E-state index is -0.463. The van der Waals surface area contributed by atoms with Crippen molar-refractivity contribution in [3.05, 3.63) is 29.6 Å². The second-order valence-corrected chi connectivity index (χ2v) is 5.45. The second-order valence-electron chi connectivity index (χ2n) is 4.19. The first kappa shape index (κ1) is 13.9. The van der Waals surface area contributed by atoms with Gasteiger partial charge in [-0.3, -0.25) is 4.79 Å². The van der Waals surface area contributed by atoms with Crippen LogP contribution in [0.4, 0.5) is 10.1 Å². The number of thioether (sulfide) groups is 1. The minimum Gasteiger partial charge on any atom is -0.396 e. The molecular weight excluding hydrogens is 265 g/mol.